The first kappa shape index (κ1) is 15.2. The Bertz CT molecular complexity index is 434. The lowest BCUT2D eigenvalue weighted by molar-refractivity contribution is 0.204. The Balaban J connectivity index is 2.15. The average Bonchev–Trinajstić information content (AvgIpc) is 2.64. The van der Waals surface area contributed by atoms with Crippen LogP contribution in [-0.2, 0) is 6.61 Å². The molecule has 0 aromatic heterocycles. The van der Waals surface area contributed by atoms with E-state index in [0.29, 0.717) is 26.2 Å². The van der Waals surface area contributed by atoms with Gasteiger partial charge in [0, 0.05) is 26.2 Å². The molecule has 0 atom stereocenters. The zero-order valence-corrected chi connectivity index (χ0v) is 11.4. The van der Waals surface area contributed by atoms with Crippen molar-refractivity contribution in [3.8, 4) is 0 Å². The van der Waals surface area contributed by atoms with Crippen molar-refractivity contribution in [3.63, 3.8) is 0 Å². The fraction of sp³-hybridized carbons (Fsp3) is 0.571. The summed E-state index contributed by atoms with van der Waals surface area (Å²) in [5, 5.41) is 17.9. The van der Waals surface area contributed by atoms with Crippen LogP contribution in [-0.4, -0.2) is 54.4 Å². The van der Waals surface area contributed by atoms with Gasteiger partial charge in [0.2, 0.25) is 0 Å². The number of nitrogens with zero attached hydrogens (tertiary/aromatic N) is 2. The zero-order valence-electron chi connectivity index (χ0n) is 11.4. The first-order chi connectivity index (χ1) is 9.65. The Kier molecular flexibility index (Phi) is 5.28. The molecule has 20 heavy (non-hydrogen) atoms. The smallest absolute Gasteiger partial charge is 0.149 e. The first-order valence-corrected chi connectivity index (χ1v) is 6.82. The van der Waals surface area contributed by atoms with Crippen molar-refractivity contribution in [2.75, 3.05) is 44.2 Å². The molecule has 1 saturated heterocycles. The lowest BCUT2D eigenvalue weighted by Crippen LogP contribution is -2.33. The van der Waals surface area contributed by atoms with E-state index >= 15 is 0 Å². The molecular formula is C14H20F2N2O2. The summed E-state index contributed by atoms with van der Waals surface area (Å²) in [6, 6.07) is 2.35. The third kappa shape index (κ3) is 3.45. The fourth-order valence-electron chi connectivity index (χ4n) is 2.57. The molecular weight excluding hydrogens is 266 g/mol. The molecule has 1 fully saturated rings. The molecule has 1 aromatic carbocycles. The summed E-state index contributed by atoms with van der Waals surface area (Å²) in [5.74, 6) is -1.27. The van der Waals surface area contributed by atoms with Gasteiger partial charge in [0.1, 0.15) is 17.3 Å². The monoisotopic (exact) mass is 286 g/mol. The van der Waals surface area contributed by atoms with Crippen molar-refractivity contribution in [2.45, 2.75) is 13.0 Å². The second-order valence-electron chi connectivity index (χ2n) is 4.97. The number of hydrogen-bond donors (Lipinski definition) is 2. The Morgan fingerprint density at radius 3 is 2.30 bits per heavy atom. The average molecular weight is 286 g/mol. The molecule has 0 aliphatic carbocycles. The van der Waals surface area contributed by atoms with Gasteiger partial charge in [0.25, 0.3) is 0 Å². The van der Waals surface area contributed by atoms with Gasteiger partial charge in [-0.2, -0.15) is 0 Å². The number of benzene rings is 1. The van der Waals surface area contributed by atoms with E-state index < -0.39 is 11.6 Å². The SMILES string of the molecule is OCCN1CCCN(c2c(F)cc(CO)cc2F)CC1. The number of β-amino-alcohol motifs (C(OH)–C–C–N with tert-alkyl or cyclic N) is 1. The number of anilines is 1. The van der Waals surface area contributed by atoms with Gasteiger partial charge >= 0.3 is 0 Å². The summed E-state index contributed by atoms with van der Waals surface area (Å²) < 4.78 is 28.0. The van der Waals surface area contributed by atoms with Crippen molar-refractivity contribution in [3.05, 3.63) is 29.3 Å². The van der Waals surface area contributed by atoms with Crippen LogP contribution >= 0.6 is 0 Å². The van der Waals surface area contributed by atoms with Gasteiger partial charge in [0.05, 0.1) is 13.2 Å². The Hall–Kier alpha value is -1.24. The molecule has 112 valence electrons. The van der Waals surface area contributed by atoms with Gasteiger partial charge in [-0.05, 0) is 30.7 Å². The van der Waals surface area contributed by atoms with E-state index in [1.165, 1.54) is 12.1 Å². The Morgan fingerprint density at radius 1 is 1.00 bits per heavy atom. The molecule has 1 aliphatic rings. The highest BCUT2D eigenvalue weighted by Gasteiger charge is 2.21. The quantitative estimate of drug-likeness (QED) is 0.865. The van der Waals surface area contributed by atoms with Crippen molar-refractivity contribution in [2.24, 2.45) is 0 Å². The lowest BCUT2D eigenvalue weighted by atomic mass is 10.1. The number of aliphatic hydroxyl groups excluding tert-OH is 2. The number of rotatable bonds is 4. The van der Waals surface area contributed by atoms with Gasteiger partial charge in [-0.15, -0.1) is 0 Å². The highest BCUT2D eigenvalue weighted by Crippen LogP contribution is 2.26. The minimum Gasteiger partial charge on any atom is -0.395 e. The molecule has 0 bridgehead atoms. The van der Waals surface area contributed by atoms with Crippen molar-refractivity contribution in [1.82, 2.24) is 4.90 Å². The molecule has 0 saturated carbocycles. The highest BCUT2D eigenvalue weighted by molar-refractivity contribution is 5.50. The van der Waals surface area contributed by atoms with E-state index in [9.17, 15) is 8.78 Å². The minimum absolute atomic E-state index is 0.0203. The van der Waals surface area contributed by atoms with E-state index in [0.717, 1.165) is 13.0 Å². The van der Waals surface area contributed by atoms with E-state index in [1.807, 2.05) is 0 Å². The third-order valence-electron chi connectivity index (χ3n) is 3.58. The molecule has 0 spiro atoms. The van der Waals surface area contributed by atoms with Gasteiger partial charge < -0.3 is 15.1 Å². The van der Waals surface area contributed by atoms with Crippen molar-refractivity contribution < 1.29 is 19.0 Å². The second-order valence-corrected chi connectivity index (χ2v) is 4.97. The van der Waals surface area contributed by atoms with E-state index in [1.54, 1.807) is 4.90 Å². The van der Waals surface area contributed by atoms with E-state index in [-0.39, 0.29) is 24.5 Å². The van der Waals surface area contributed by atoms with Crippen LogP contribution in [0.15, 0.2) is 12.1 Å². The van der Waals surface area contributed by atoms with Crippen LogP contribution in [0.1, 0.15) is 12.0 Å². The highest BCUT2D eigenvalue weighted by atomic mass is 19.1. The second kappa shape index (κ2) is 6.97. The van der Waals surface area contributed by atoms with Crippen LogP contribution in [0.5, 0.6) is 0 Å². The Labute approximate surface area is 117 Å². The van der Waals surface area contributed by atoms with Gasteiger partial charge in [-0.1, -0.05) is 0 Å². The van der Waals surface area contributed by atoms with Crippen LogP contribution in [0.3, 0.4) is 0 Å². The predicted octanol–water partition coefficient (Wildman–Crippen LogP) is 0.961. The maximum absolute atomic E-state index is 14.0. The summed E-state index contributed by atoms with van der Waals surface area (Å²) in [7, 11) is 0. The Morgan fingerprint density at radius 2 is 1.70 bits per heavy atom. The number of halogens is 2. The molecule has 1 aliphatic heterocycles. The van der Waals surface area contributed by atoms with Crippen LogP contribution in [0.4, 0.5) is 14.5 Å². The molecule has 2 rings (SSSR count). The fourth-order valence-corrected chi connectivity index (χ4v) is 2.57. The molecule has 1 aromatic rings. The van der Waals surface area contributed by atoms with Gasteiger partial charge in [0.15, 0.2) is 0 Å². The summed E-state index contributed by atoms with van der Waals surface area (Å²) in [4.78, 5) is 3.78. The summed E-state index contributed by atoms with van der Waals surface area (Å²) >= 11 is 0. The molecule has 4 nitrogen and oxygen atoms in total. The zero-order chi connectivity index (χ0) is 14.5. The molecule has 0 unspecified atom stereocenters. The lowest BCUT2D eigenvalue weighted by Gasteiger charge is -2.24. The minimum atomic E-state index is -0.635. The van der Waals surface area contributed by atoms with Crippen LogP contribution in [0.25, 0.3) is 0 Å². The third-order valence-corrected chi connectivity index (χ3v) is 3.58. The number of hydrogen-bond acceptors (Lipinski definition) is 4. The first-order valence-electron chi connectivity index (χ1n) is 6.82. The molecule has 1 heterocycles. The van der Waals surface area contributed by atoms with Gasteiger partial charge in [-0.3, -0.25) is 4.90 Å². The largest absolute Gasteiger partial charge is 0.395 e. The van der Waals surface area contributed by atoms with Crippen LogP contribution in [0, 0.1) is 11.6 Å². The molecule has 0 amide bonds. The molecule has 0 radical (unpaired) electrons. The summed E-state index contributed by atoms with van der Waals surface area (Å²) in [6.45, 7) is 2.88. The van der Waals surface area contributed by atoms with E-state index in [4.69, 9.17) is 10.2 Å². The normalized spacial score (nSPS) is 17.3. The van der Waals surface area contributed by atoms with Crippen molar-refractivity contribution >= 4 is 5.69 Å². The molecule has 6 heteroatoms. The van der Waals surface area contributed by atoms with Gasteiger partial charge in [-0.25, -0.2) is 8.78 Å². The molecule has 2 N–H and O–H groups in total. The van der Waals surface area contributed by atoms with Crippen molar-refractivity contribution in [1.29, 1.82) is 0 Å². The van der Waals surface area contributed by atoms with E-state index in [2.05, 4.69) is 4.90 Å². The maximum Gasteiger partial charge on any atom is 0.149 e. The number of aliphatic hydroxyl groups is 2. The summed E-state index contributed by atoms with van der Waals surface area (Å²) in [5.41, 5.74) is 0.216. The van der Waals surface area contributed by atoms with Crippen LogP contribution in [0.2, 0.25) is 0 Å². The summed E-state index contributed by atoms with van der Waals surface area (Å²) in [6.07, 6.45) is 0.792. The topological polar surface area (TPSA) is 46.9 Å². The maximum atomic E-state index is 14.0. The predicted molar refractivity (Wildman–Crippen MR) is 72.6 cm³/mol. The standard InChI is InChI=1S/C14H20F2N2O2/c15-12-8-11(10-20)9-13(16)14(12)18-3-1-2-17(4-5-18)6-7-19/h8-9,19-20H,1-7,10H2. The van der Waals surface area contributed by atoms with Crippen LogP contribution < -0.4 is 4.90 Å².